The van der Waals surface area contributed by atoms with Crippen molar-refractivity contribution in [2.24, 2.45) is 4.99 Å². The summed E-state index contributed by atoms with van der Waals surface area (Å²) in [5.74, 6) is 0. The molecule has 0 amide bonds. The van der Waals surface area contributed by atoms with E-state index in [4.69, 9.17) is 11.6 Å². The fourth-order valence-electron chi connectivity index (χ4n) is 10.2. The zero-order valence-electron chi connectivity index (χ0n) is 33.6. The molecule has 1 aliphatic carbocycles. The molecular formula is C58H43N. The summed E-state index contributed by atoms with van der Waals surface area (Å²) >= 11 is 0. The molecule has 0 saturated heterocycles. The van der Waals surface area contributed by atoms with E-state index in [1.54, 1.807) is 0 Å². The van der Waals surface area contributed by atoms with Crippen molar-refractivity contribution in [2.75, 3.05) is 0 Å². The second-order valence-corrected chi connectivity index (χ2v) is 16.7. The summed E-state index contributed by atoms with van der Waals surface area (Å²) in [6.07, 6.45) is 0. The molecule has 11 rings (SSSR count). The second kappa shape index (κ2) is 13.5. The minimum atomic E-state index is -0.256. The van der Waals surface area contributed by atoms with Gasteiger partial charge >= 0.3 is 0 Å². The monoisotopic (exact) mass is 753 g/mol. The normalized spacial score (nSPS) is 15.7. The number of rotatable bonds is 5. The first-order valence-corrected chi connectivity index (χ1v) is 20.7. The highest BCUT2D eigenvalue weighted by Gasteiger charge is 2.35. The molecule has 1 unspecified atom stereocenters. The maximum Gasteiger partial charge on any atom is 0.101 e. The quantitative estimate of drug-likeness (QED) is 0.155. The molecule has 0 spiro atoms. The lowest BCUT2D eigenvalue weighted by Crippen LogP contribution is -2.17. The number of nitrogens with zero attached hydrogens (tertiary/aromatic N) is 1. The lowest BCUT2D eigenvalue weighted by molar-refractivity contribution is 0.660. The van der Waals surface area contributed by atoms with E-state index in [1.807, 2.05) is 0 Å². The molecule has 9 aromatic carbocycles. The zero-order chi connectivity index (χ0) is 39.8. The van der Waals surface area contributed by atoms with Gasteiger partial charge in [0.15, 0.2) is 0 Å². The van der Waals surface area contributed by atoms with Crippen molar-refractivity contribution in [1.82, 2.24) is 0 Å². The molecule has 0 bridgehead atoms. The van der Waals surface area contributed by atoms with Crippen LogP contribution < -0.4 is 0 Å². The van der Waals surface area contributed by atoms with Crippen molar-refractivity contribution >= 4 is 43.6 Å². The predicted octanol–water partition coefficient (Wildman–Crippen LogP) is 15.4. The van der Waals surface area contributed by atoms with Crippen LogP contribution in [0.3, 0.4) is 0 Å². The maximum absolute atomic E-state index is 5.66. The number of dihydropyridines is 1. The number of aliphatic imine (C=N–C) groups is 1. The number of hydrogen-bond acceptors (Lipinski definition) is 1. The van der Waals surface area contributed by atoms with Crippen molar-refractivity contribution in [3.8, 4) is 33.4 Å². The standard InChI is InChI=1S/C58H43N/c1-36-55(38-17-6-5-7-18-38)37(2)57(42-30-31-49-47-25-11-10-23-45(47)46-24-12-13-26-48(46)52(49)34-42)59-56(36)41-20-16-19-39(33-41)43-21-8-9-22-44(43)40-29-32-51-50-27-14-15-28-53(50)58(3,4)54(51)35-40/h5-35,57H,2H2,1,3-4H3. The third-order valence-corrected chi connectivity index (χ3v) is 13.1. The van der Waals surface area contributed by atoms with Gasteiger partial charge in [-0.05, 0) is 130 Å². The van der Waals surface area contributed by atoms with Crippen molar-refractivity contribution < 1.29 is 0 Å². The molecule has 2 aliphatic rings. The van der Waals surface area contributed by atoms with E-state index in [-0.39, 0.29) is 11.5 Å². The lowest BCUT2D eigenvalue weighted by atomic mass is 9.80. The Bertz CT molecular complexity index is 3230. The minimum absolute atomic E-state index is 0.0667. The van der Waals surface area contributed by atoms with E-state index >= 15 is 0 Å². The highest BCUT2D eigenvalue weighted by atomic mass is 14.8. The van der Waals surface area contributed by atoms with E-state index in [1.165, 1.54) is 76.8 Å². The SMILES string of the molecule is C=C1C(c2ccccc2)=C(C)C(c2cccc(-c3ccccc3-c3ccc4c(c3)C(C)(C)c3ccccc3-4)c2)=NC1c1ccc2c3ccccc3c3ccccc3c2c1. The van der Waals surface area contributed by atoms with Crippen molar-refractivity contribution in [3.63, 3.8) is 0 Å². The van der Waals surface area contributed by atoms with Crippen LogP contribution in [0.15, 0.2) is 211 Å². The Kier molecular flexibility index (Phi) is 8.03. The molecule has 1 aliphatic heterocycles. The molecule has 1 nitrogen and oxygen atoms in total. The highest BCUT2D eigenvalue weighted by molar-refractivity contribution is 6.25. The first-order valence-electron chi connectivity index (χ1n) is 20.7. The molecule has 59 heavy (non-hydrogen) atoms. The zero-order valence-corrected chi connectivity index (χ0v) is 33.6. The van der Waals surface area contributed by atoms with Crippen LogP contribution in [0.5, 0.6) is 0 Å². The Morgan fingerprint density at radius 2 is 0.949 bits per heavy atom. The number of fused-ring (bicyclic) bond motifs is 9. The van der Waals surface area contributed by atoms with Crippen molar-refractivity contribution in [1.29, 1.82) is 0 Å². The largest absolute Gasteiger partial charge is 0.272 e. The summed E-state index contributed by atoms with van der Waals surface area (Å²) in [6, 6.07) is 68.7. The van der Waals surface area contributed by atoms with E-state index < -0.39 is 0 Å². The summed E-state index contributed by atoms with van der Waals surface area (Å²) in [6.45, 7) is 11.7. The van der Waals surface area contributed by atoms with Gasteiger partial charge in [0, 0.05) is 11.0 Å². The van der Waals surface area contributed by atoms with Gasteiger partial charge in [0.1, 0.15) is 6.04 Å². The minimum Gasteiger partial charge on any atom is -0.272 e. The second-order valence-electron chi connectivity index (χ2n) is 16.7. The van der Waals surface area contributed by atoms with Crippen LogP contribution >= 0.6 is 0 Å². The van der Waals surface area contributed by atoms with Gasteiger partial charge in [-0.1, -0.05) is 190 Å². The van der Waals surface area contributed by atoms with E-state index in [9.17, 15) is 0 Å². The average Bonchev–Trinajstić information content (AvgIpc) is 3.52. The topological polar surface area (TPSA) is 12.4 Å². The Labute approximate surface area is 346 Å². The van der Waals surface area contributed by atoms with Crippen LogP contribution in [0.25, 0.3) is 71.3 Å². The van der Waals surface area contributed by atoms with Crippen LogP contribution in [0.4, 0.5) is 0 Å². The molecule has 0 aromatic heterocycles. The summed E-state index contributed by atoms with van der Waals surface area (Å²) in [4.78, 5) is 5.66. The average molecular weight is 754 g/mol. The Morgan fingerprint density at radius 3 is 1.64 bits per heavy atom. The van der Waals surface area contributed by atoms with E-state index in [2.05, 4.69) is 209 Å². The van der Waals surface area contributed by atoms with Crippen LogP contribution in [0.1, 0.15) is 54.6 Å². The Morgan fingerprint density at radius 1 is 0.424 bits per heavy atom. The lowest BCUT2D eigenvalue weighted by Gasteiger charge is -2.29. The van der Waals surface area contributed by atoms with Crippen molar-refractivity contribution in [3.05, 3.63) is 234 Å². The third kappa shape index (κ3) is 5.49. The van der Waals surface area contributed by atoms with E-state index in [0.29, 0.717) is 0 Å². The maximum atomic E-state index is 5.66. The molecule has 0 N–H and O–H groups in total. The third-order valence-electron chi connectivity index (χ3n) is 13.1. The van der Waals surface area contributed by atoms with Gasteiger partial charge < -0.3 is 0 Å². The first kappa shape index (κ1) is 35.1. The number of hydrogen-bond donors (Lipinski definition) is 0. The molecule has 0 saturated carbocycles. The van der Waals surface area contributed by atoms with Crippen LogP contribution in [-0.4, -0.2) is 5.71 Å². The van der Waals surface area contributed by atoms with Gasteiger partial charge in [0.05, 0.1) is 5.71 Å². The summed E-state index contributed by atoms with van der Waals surface area (Å²) in [5, 5.41) is 7.57. The van der Waals surface area contributed by atoms with Crippen LogP contribution in [0.2, 0.25) is 0 Å². The van der Waals surface area contributed by atoms with Gasteiger partial charge in [-0.25, -0.2) is 0 Å². The molecule has 9 aromatic rings. The summed E-state index contributed by atoms with van der Waals surface area (Å²) < 4.78 is 0. The molecular weight excluding hydrogens is 711 g/mol. The Balaban J connectivity index is 1.05. The van der Waals surface area contributed by atoms with Crippen LogP contribution in [0, 0.1) is 0 Å². The molecule has 1 atom stereocenters. The smallest absolute Gasteiger partial charge is 0.101 e. The fourth-order valence-corrected chi connectivity index (χ4v) is 10.2. The fraction of sp³-hybridized carbons (Fsp3) is 0.0862. The van der Waals surface area contributed by atoms with Crippen LogP contribution in [-0.2, 0) is 5.41 Å². The van der Waals surface area contributed by atoms with Gasteiger partial charge in [0.25, 0.3) is 0 Å². The van der Waals surface area contributed by atoms with Crippen molar-refractivity contribution in [2.45, 2.75) is 32.2 Å². The number of allylic oxidation sites excluding steroid dienone is 1. The van der Waals surface area contributed by atoms with E-state index in [0.717, 1.165) is 39.1 Å². The van der Waals surface area contributed by atoms with Gasteiger partial charge in [-0.2, -0.15) is 0 Å². The predicted molar refractivity (Wildman–Crippen MR) is 251 cm³/mol. The molecule has 1 heteroatoms. The molecule has 0 fully saturated rings. The molecule has 280 valence electrons. The van der Waals surface area contributed by atoms with Gasteiger partial charge in [-0.15, -0.1) is 0 Å². The molecule has 1 heterocycles. The molecule has 0 radical (unpaired) electrons. The Hall–Kier alpha value is -7.09. The first-order chi connectivity index (χ1) is 28.9. The highest BCUT2D eigenvalue weighted by Crippen LogP contribution is 2.50. The summed E-state index contributed by atoms with van der Waals surface area (Å²) in [7, 11) is 0. The van der Waals surface area contributed by atoms with Gasteiger partial charge in [0.2, 0.25) is 0 Å². The number of benzene rings is 9. The summed E-state index contributed by atoms with van der Waals surface area (Å²) in [5.41, 5.74) is 18.0. The van der Waals surface area contributed by atoms with Gasteiger partial charge in [-0.3, -0.25) is 4.99 Å².